The second kappa shape index (κ2) is 6.69. The highest BCUT2D eigenvalue weighted by atomic mass is 16.5. The molecule has 1 aromatic rings. The number of aliphatic hydroxyl groups excluding tert-OH is 1. The van der Waals surface area contributed by atoms with Gasteiger partial charge in [0.25, 0.3) is 0 Å². The van der Waals surface area contributed by atoms with E-state index in [2.05, 4.69) is 6.08 Å². The van der Waals surface area contributed by atoms with Crippen LogP contribution in [0.4, 0.5) is 0 Å². The number of benzene rings is 1. The zero-order valence-electron chi connectivity index (χ0n) is 13.6. The largest absolute Gasteiger partial charge is 0.508 e. The van der Waals surface area contributed by atoms with Crippen molar-refractivity contribution < 1.29 is 24.9 Å². The molecule has 0 saturated heterocycles. The third-order valence-electron chi connectivity index (χ3n) is 4.54. The first kappa shape index (κ1) is 16.6. The van der Waals surface area contributed by atoms with Crippen molar-refractivity contribution in [3.63, 3.8) is 0 Å². The van der Waals surface area contributed by atoms with Crippen molar-refractivity contribution in [1.29, 1.82) is 0 Å². The summed E-state index contributed by atoms with van der Waals surface area (Å²) in [7, 11) is 0. The molecule has 5 nitrogen and oxygen atoms in total. The molecule has 0 radical (unpaired) electrons. The van der Waals surface area contributed by atoms with Crippen LogP contribution in [-0.4, -0.2) is 33.5 Å². The number of esters is 1. The Labute approximate surface area is 140 Å². The second-order valence-corrected chi connectivity index (χ2v) is 6.65. The smallest absolute Gasteiger partial charge is 0.342 e. The third kappa shape index (κ3) is 3.79. The number of allylic oxidation sites excluding steroid dienone is 3. The molecule has 3 rings (SSSR count). The van der Waals surface area contributed by atoms with Crippen LogP contribution in [0, 0.1) is 11.8 Å². The fourth-order valence-electron chi connectivity index (χ4n) is 3.25. The highest BCUT2D eigenvalue weighted by molar-refractivity contribution is 5.94. The van der Waals surface area contributed by atoms with Crippen LogP contribution in [0.25, 0.3) is 0 Å². The Morgan fingerprint density at radius 1 is 1.12 bits per heavy atom. The SMILES string of the molecule is C[C@@H]1C[C@H]2C[C@@H]2C=CC=C[C@@H](O)Cc2cc(O)cc(O)c2C(=O)O1. The summed E-state index contributed by atoms with van der Waals surface area (Å²) in [6, 6.07) is 2.48. The van der Waals surface area contributed by atoms with E-state index in [1.54, 1.807) is 12.2 Å². The third-order valence-corrected chi connectivity index (χ3v) is 4.54. The van der Waals surface area contributed by atoms with Crippen LogP contribution < -0.4 is 0 Å². The van der Waals surface area contributed by atoms with Crippen LogP contribution in [0.2, 0.25) is 0 Å². The number of carbonyl (C=O) groups is 1. The van der Waals surface area contributed by atoms with Crippen molar-refractivity contribution in [2.75, 3.05) is 0 Å². The van der Waals surface area contributed by atoms with Gasteiger partial charge < -0.3 is 20.1 Å². The van der Waals surface area contributed by atoms with Crippen LogP contribution in [0.1, 0.15) is 35.7 Å². The minimum atomic E-state index is -0.835. The van der Waals surface area contributed by atoms with E-state index < -0.39 is 12.1 Å². The Hall–Kier alpha value is -2.27. The fraction of sp³-hybridized carbons (Fsp3) is 0.421. The summed E-state index contributed by atoms with van der Waals surface area (Å²) >= 11 is 0. The number of aliphatic hydroxyl groups is 1. The van der Waals surface area contributed by atoms with Crippen molar-refractivity contribution in [2.45, 2.75) is 38.4 Å². The van der Waals surface area contributed by atoms with E-state index in [1.165, 1.54) is 6.07 Å². The highest BCUT2D eigenvalue weighted by Crippen LogP contribution is 2.43. The standard InChI is InChI=1S/C19H22O5/c1-11-6-13-7-12(13)4-2-3-5-15(20)8-14-9-16(21)10-17(22)18(14)19(23)24-11/h2-5,9-13,15,20-22H,6-8H2,1H3/t11-,12+,13+,15-/m1/s1. The Bertz CT molecular complexity index is 691. The molecule has 0 amide bonds. The lowest BCUT2D eigenvalue weighted by Gasteiger charge is -2.17. The minimum Gasteiger partial charge on any atom is -0.508 e. The molecule has 1 fully saturated rings. The van der Waals surface area contributed by atoms with Crippen LogP contribution in [0.3, 0.4) is 0 Å². The topological polar surface area (TPSA) is 87.0 Å². The number of rotatable bonds is 0. The first-order chi connectivity index (χ1) is 11.4. The molecule has 128 valence electrons. The molecule has 1 aliphatic heterocycles. The molecular formula is C19H22O5. The van der Waals surface area contributed by atoms with Gasteiger partial charge in [0, 0.05) is 12.5 Å². The molecule has 1 heterocycles. The average Bonchev–Trinajstić information content (AvgIpc) is 3.19. The Morgan fingerprint density at radius 3 is 2.67 bits per heavy atom. The van der Waals surface area contributed by atoms with E-state index >= 15 is 0 Å². The van der Waals surface area contributed by atoms with Gasteiger partial charge >= 0.3 is 5.97 Å². The number of phenols is 2. The summed E-state index contributed by atoms with van der Waals surface area (Å²) in [5, 5.41) is 29.9. The molecular weight excluding hydrogens is 308 g/mol. The maximum Gasteiger partial charge on any atom is 0.342 e. The molecule has 0 bridgehead atoms. The lowest BCUT2D eigenvalue weighted by atomic mass is 9.99. The molecule has 4 atom stereocenters. The van der Waals surface area contributed by atoms with Crippen LogP contribution in [0.15, 0.2) is 36.4 Å². The lowest BCUT2D eigenvalue weighted by Crippen LogP contribution is -2.19. The van der Waals surface area contributed by atoms with Crippen molar-refractivity contribution in [1.82, 2.24) is 0 Å². The monoisotopic (exact) mass is 330 g/mol. The number of cyclic esters (lactones) is 1. The molecule has 2 aliphatic rings. The molecule has 0 unspecified atom stereocenters. The summed E-state index contributed by atoms with van der Waals surface area (Å²) < 4.78 is 5.47. The van der Waals surface area contributed by atoms with Gasteiger partial charge in [-0.25, -0.2) is 4.79 Å². The van der Waals surface area contributed by atoms with E-state index in [-0.39, 0.29) is 29.6 Å². The number of hydrogen-bond acceptors (Lipinski definition) is 5. The number of fused-ring (bicyclic) bond motifs is 2. The van der Waals surface area contributed by atoms with Gasteiger partial charge in [-0.3, -0.25) is 0 Å². The summed E-state index contributed by atoms with van der Waals surface area (Å²) in [6.45, 7) is 1.84. The normalized spacial score (nSPS) is 30.0. The van der Waals surface area contributed by atoms with Gasteiger partial charge in [-0.05, 0) is 43.2 Å². The second-order valence-electron chi connectivity index (χ2n) is 6.65. The molecule has 1 aromatic carbocycles. The Balaban J connectivity index is 1.94. The van der Waals surface area contributed by atoms with E-state index in [9.17, 15) is 20.1 Å². The minimum absolute atomic E-state index is 0.00653. The number of carbonyl (C=O) groups excluding carboxylic acids is 1. The van der Waals surface area contributed by atoms with Crippen molar-refractivity contribution in [3.8, 4) is 11.5 Å². The molecule has 1 aliphatic carbocycles. The van der Waals surface area contributed by atoms with E-state index in [0.29, 0.717) is 17.4 Å². The lowest BCUT2D eigenvalue weighted by molar-refractivity contribution is 0.0306. The van der Waals surface area contributed by atoms with Gasteiger partial charge in [0.05, 0.1) is 12.2 Å². The summed E-state index contributed by atoms with van der Waals surface area (Å²) in [6.07, 6.45) is 8.30. The van der Waals surface area contributed by atoms with Crippen LogP contribution in [0.5, 0.6) is 11.5 Å². The molecule has 3 N–H and O–H groups in total. The number of phenolic OH excluding ortho intramolecular Hbond substituents is 2. The summed E-state index contributed by atoms with van der Waals surface area (Å²) in [5.74, 6) is -0.137. The summed E-state index contributed by atoms with van der Waals surface area (Å²) in [4.78, 5) is 12.5. The molecule has 5 heteroatoms. The number of aromatic hydroxyl groups is 2. The predicted molar refractivity (Wildman–Crippen MR) is 88.9 cm³/mol. The maximum absolute atomic E-state index is 12.5. The zero-order valence-corrected chi connectivity index (χ0v) is 13.6. The highest BCUT2D eigenvalue weighted by Gasteiger charge is 2.36. The molecule has 0 spiro atoms. The van der Waals surface area contributed by atoms with E-state index in [4.69, 9.17) is 4.74 Å². The molecule has 24 heavy (non-hydrogen) atoms. The molecule has 1 saturated carbocycles. The quantitative estimate of drug-likeness (QED) is 0.637. The van der Waals surface area contributed by atoms with Crippen molar-refractivity contribution in [3.05, 3.63) is 47.6 Å². The molecule has 0 aromatic heterocycles. The Kier molecular flexibility index (Phi) is 4.62. The maximum atomic E-state index is 12.5. The van der Waals surface area contributed by atoms with E-state index in [0.717, 1.165) is 18.9 Å². The van der Waals surface area contributed by atoms with Crippen molar-refractivity contribution >= 4 is 5.97 Å². The van der Waals surface area contributed by atoms with Gasteiger partial charge in [-0.2, -0.15) is 0 Å². The fourth-order valence-corrected chi connectivity index (χ4v) is 3.25. The predicted octanol–water partition coefficient (Wildman–Crippen LogP) is 2.70. The van der Waals surface area contributed by atoms with E-state index in [1.807, 2.05) is 13.0 Å². The van der Waals surface area contributed by atoms with Crippen LogP contribution in [-0.2, 0) is 11.2 Å². The van der Waals surface area contributed by atoms with Crippen molar-refractivity contribution in [2.24, 2.45) is 11.8 Å². The van der Waals surface area contributed by atoms with Crippen LogP contribution >= 0.6 is 0 Å². The van der Waals surface area contributed by atoms with Gasteiger partial charge in [0.1, 0.15) is 17.1 Å². The first-order valence-corrected chi connectivity index (χ1v) is 8.23. The van der Waals surface area contributed by atoms with Gasteiger partial charge in [-0.15, -0.1) is 0 Å². The Morgan fingerprint density at radius 2 is 1.88 bits per heavy atom. The number of hydrogen-bond donors (Lipinski definition) is 3. The number of ether oxygens (including phenoxy) is 1. The average molecular weight is 330 g/mol. The van der Waals surface area contributed by atoms with Gasteiger partial charge in [0.15, 0.2) is 0 Å². The van der Waals surface area contributed by atoms with Gasteiger partial charge in [-0.1, -0.05) is 24.3 Å². The first-order valence-electron chi connectivity index (χ1n) is 8.23. The zero-order chi connectivity index (χ0) is 17.3. The summed E-state index contributed by atoms with van der Waals surface area (Å²) in [5.41, 5.74) is 0.360. The van der Waals surface area contributed by atoms with Gasteiger partial charge in [0.2, 0.25) is 0 Å².